The maximum Gasteiger partial charge on any atom is 0.259 e. The fourth-order valence-electron chi connectivity index (χ4n) is 1.66. The van der Waals surface area contributed by atoms with Crippen molar-refractivity contribution >= 4 is 60.7 Å². The lowest BCUT2D eigenvalue weighted by atomic mass is 10.1. The zero-order valence-corrected chi connectivity index (χ0v) is 14.5. The van der Waals surface area contributed by atoms with Crippen molar-refractivity contribution < 1.29 is 9.90 Å². The van der Waals surface area contributed by atoms with Gasteiger partial charge >= 0.3 is 0 Å². The number of carbonyl (C=O) groups excluding carboxylic acids is 1. The van der Waals surface area contributed by atoms with E-state index in [1.165, 1.54) is 12.1 Å². The maximum atomic E-state index is 12.2. The second-order valence-electron chi connectivity index (χ2n) is 4.17. The van der Waals surface area contributed by atoms with Crippen molar-refractivity contribution in [2.24, 2.45) is 5.73 Å². The molecule has 7 heteroatoms. The van der Waals surface area contributed by atoms with E-state index in [0.717, 1.165) is 0 Å². The third-order valence-corrected chi connectivity index (χ3v) is 4.09. The minimum Gasteiger partial charge on any atom is -0.507 e. The number of halogens is 2. The van der Waals surface area contributed by atoms with E-state index in [4.69, 9.17) is 18.0 Å². The van der Waals surface area contributed by atoms with Gasteiger partial charge in [-0.1, -0.05) is 28.1 Å². The summed E-state index contributed by atoms with van der Waals surface area (Å²) in [4.78, 5) is 12.4. The molecule has 0 unspecified atom stereocenters. The van der Waals surface area contributed by atoms with Crippen molar-refractivity contribution in [1.82, 2.24) is 0 Å². The van der Waals surface area contributed by atoms with Gasteiger partial charge in [0, 0.05) is 14.5 Å². The molecule has 0 bridgehead atoms. The van der Waals surface area contributed by atoms with Gasteiger partial charge in [-0.2, -0.15) is 0 Å². The fraction of sp³-hybridized carbons (Fsp3) is 0. The van der Waals surface area contributed by atoms with Crippen molar-refractivity contribution in [2.45, 2.75) is 0 Å². The molecule has 2 rings (SSSR count). The first-order valence-corrected chi connectivity index (χ1v) is 7.77. The van der Waals surface area contributed by atoms with E-state index in [-0.39, 0.29) is 16.3 Å². The average molecular weight is 430 g/mol. The number of aromatic hydroxyl groups is 1. The van der Waals surface area contributed by atoms with Crippen LogP contribution in [0.3, 0.4) is 0 Å². The van der Waals surface area contributed by atoms with Crippen LogP contribution in [0, 0.1) is 0 Å². The summed E-state index contributed by atoms with van der Waals surface area (Å²) in [5, 5.41) is 12.5. The Balaban J connectivity index is 2.25. The van der Waals surface area contributed by atoms with Crippen LogP contribution in [0.25, 0.3) is 0 Å². The first kappa shape index (κ1) is 15.9. The van der Waals surface area contributed by atoms with Crippen LogP contribution in [0.15, 0.2) is 45.3 Å². The lowest BCUT2D eigenvalue weighted by Crippen LogP contribution is -2.13. The number of hydrogen-bond acceptors (Lipinski definition) is 3. The van der Waals surface area contributed by atoms with E-state index in [1.54, 1.807) is 24.3 Å². The number of amides is 1. The Bertz CT molecular complexity index is 735. The highest BCUT2D eigenvalue weighted by Crippen LogP contribution is 2.27. The first-order chi connectivity index (χ1) is 9.88. The highest BCUT2D eigenvalue weighted by Gasteiger charge is 2.13. The van der Waals surface area contributed by atoms with Gasteiger partial charge in [0.1, 0.15) is 10.7 Å². The fourth-order valence-corrected chi connectivity index (χ4v) is 2.61. The van der Waals surface area contributed by atoms with Gasteiger partial charge < -0.3 is 16.2 Å². The van der Waals surface area contributed by atoms with E-state index in [0.29, 0.717) is 20.2 Å². The number of phenols is 1. The average Bonchev–Trinajstić information content (AvgIpc) is 2.40. The molecule has 0 aliphatic carbocycles. The zero-order valence-electron chi connectivity index (χ0n) is 10.6. The smallest absolute Gasteiger partial charge is 0.259 e. The highest BCUT2D eigenvalue weighted by molar-refractivity contribution is 9.10. The van der Waals surface area contributed by atoms with Gasteiger partial charge in [-0.25, -0.2) is 0 Å². The van der Waals surface area contributed by atoms with Crippen LogP contribution >= 0.6 is 44.1 Å². The number of rotatable bonds is 3. The van der Waals surface area contributed by atoms with Crippen LogP contribution in [-0.4, -0.2) is 16.0 Å². The molecule has 0 spiro atoms. The van der Waals surface area contributed by atoms with Gasteiger partial charge in [-0.15, -0.1) is 0 Å². The summed E-state index contributed by atoms with van der Waals surface area (Å²) in [6, 6.07) is 9.79. The van der Waals surface area contributed by atoms with E-state index in [1.807, 2.05) is 0 Å². The van der Waals surface area contributed by atoms with E-state index in [9.17, 15) is 9.90 Å². The Kier molecular flexibility index (Phi) is 4.97. The van der Waals surface area contributed by atoms with Gasteiger partial charge in [-0.05, 0) is 52.3 Å². The minimum absolute atomic E-state index is 0.0993. The summed E-state index contributed by atoms with van der Waals surface area (Å²) in [6.45, 7) is 0. The van der Waals surface area contributed by atoms with Crippen LogP contribution in [-0.2, 0) is 0 Å². The molecule has 0 aliphatic heterocycles. The molecular weight excluding hydrogens is 420 g/mol. The second kappa shape index (κ2) is 6.55. The molecule has 108 valence electrons. The van der Waals surface area contributed by atoms with E-state index >= 15 is 0 Å². The highest BCUT2D eigenvalue weighted by atomic mass is 79.9. The third-order valence-electron chi connectivity index (χ3n) is 2.71. The lowest BCUT2D eigenvalue weighted by molar-refractivity contribution is 0.102. The van der Waals surface area contributed by atoms with Crippen molar-refractivity contribution in [3.63, 3.8) is 0 Å². The minimum atomic E-state index is -0.413. The standard InChI is InChI=1S/C14H10Br2N2O2S/c15-8-2-3-9(12(19)6-8)14(20)18-11-4-1-7(13(17)21)5-10(11)16/h1-6,19H,(H2,17,21)(H,18,20). The lowest BCUT2D eigenvalue weighted by Gasteiger charge is -2.10. The molecule has 0 atom stereocenters. The topological polar surface area (TPSA) is 75.3 Å². The van der Waals surface area contributed by atoms with Crippen LogP contribution in [0.5, 0.6) is 5.75 Å². The summed E-state index contributed by atoms with van der Waals surface area (Å²) in [6.07, 6.45) is 0. The van der Waals surface area contributed by atoms with Gasteiger partial charge in [0.15, 0.2) is 0 Å². The molecule has 1 amide bonds. The summed E-state index contributed by atoms with van der Waals surface area (Å²) >= 11 is 11.5. The van der Waals surface area contributed by atoms with E-state index < -0.39 is 5.91 Å². The number of nitrogens with one attached hydrogen (secondary N) is 1. The van der Waals surface area contributed by atoms with Crippen LogP contribution < -0.4 is 11.1 Å². The summed E-state index contributed by atoms with van der Waals surface area (Å²) < 4.78 is 1.34. The molecular formula is C14H10Br2N2O2S. The molecule has 4 nitrogen and oxygen atoms in total. The summed E-state index contributed by atoms with van der Waals surface area (Å²) in [7, 11) is 0. The Morgan fingerprint density at radius 2 is 1.90 bits per heavy atom. The molecule has 0 fully saturated rings. The van der Waals surface area contributed by atoms with E-state index in [2.05, 4.69) is 37.2 Å². The van der Waals surface area contributed by atoms with Crippen molar-refractivity contribution in [3.05, 3.63) is 56.5 Å². The monoisotopic (exact) mass is 428 g/mol. The Labute approximate surface area is 143 Å². The van der Waals surface area contributed by atoms with Crippen molar-refractivity contribution in [3.8, 4) is 5.75 Å². The van der Waals surface area contributed by atoms with Crippen LogP contribution in [0.1, 0.15) is 15.9 Å². The maximum absolute atomic E-state index is 12.2. The van der Waals surface area contributed by atoms with Gasteiger partial charge in [0.05, 0.1) is 11.3 Å². The predicted molar refractivity (Wildman–Crippen MR) is 93.8 cm³/mol. The molecule has 2 aromatic carbocycles. The van der Waals surface area contributed by atoms with Crippen LogP contribution in [0.2, 0.25) is 0 Å². The number of hydrogen-bond donors (Lipinski definition) is 3. The third kappa shape index (κ3) is 3.81. The SMILES string of the molecule is NC(=S)c1ccc(NC(=O)c2ccc(Br)cc2O)c(Br)c1. The Morgan fingerprint density at radius 1 is 1.19 bits per heavy atom. The van der Waals surface area contributed by atoms with Crippen molar-refractivity contribution in [1.29, 1.82) is 0 Å². The molecule has 21 heavy (non-hydrogen) atoms. The van der Waals surface area contributed by atoms with Gasteiger partial charge in [0.2, 0.25) is 0 Å². The summed E-state index contributed by atoms with van der Waals surface area (Å²) in [5.74, 6) is -0.512. The van der Waals surface area contributed by atoms with Gasteiger partial charge in [-0.3, -0.25) is 4.79 Å². The molecule has 0 heterocycles. The number of carbonyl (C=O) groups is 1. The van der Waals surface area contributed by atoms with Gasteiger partial charge in [0.25, 0.3) is 5.91 Å². The number of phenolic OH excluding ortho intramolecular Hbond substituents is 1. The first-order valence-electron chi connectivity index (χ1n) is 5.77. The predicted octanol–water partition coefficient (Wildman–Crippen LogP) is 3.80. The quantitative estimate of drug-likeness (QED) is 0.648. The molecule has 0 saturated carbocycles. The van der Waals surface area contributed by atoms with Crippen molar-refractivity contribution in [2.75, 3.05) is 5.32 Å². The molecule has 4 N–H and O–H groups in total. The second-order valence-corrected chi connectivity index (χ2v) is 6.38. The Morgan fingerprint density at radius 3 is 2.48 bits per heavy atom. The number of anilines is 1. The largest absolute Gasteiger partial charge is 0.507 e. The number of thiocarbonyl (C=S) groups is 1. The number of benzene rings is 2. The van der Waals surface area contributed by atoms with Crippen LogP contribution in [0.4, 0.5) is 5.69 Å². The summed E-state index contributed by atoms with van der Waals surface area (Å²) in [5.41, 5.74) is 6.98. The molecule has 0 saturated heterocycles. The Hall–Kier alpha value is -1.44. The number of nitrogens with two attached hydrogens (primary N) is 1. The normalized spacial score (nSPS) is 10.2. The molecule has 0 aromatic heterocycles. The molecule has 0 radical (unpaired) electrons. The zero-order chi connectivity index (χ0) is 15.6. The molecule has 0 aliphatic rings. The molecule has 2 aromatic rings.